The molecule has 3 heteroatoms. The van der Waals surface area contributed by atoms with Gasteiger partial charge in [0.15, 0.2) is 0 Å². The van der Waals surface area contributed by atoms with Gasteiger partial charge in [0.25, 0.3) is 0 Å². The molecular weight excluding hydrogens is 101 g/mol. The third-order valence-corrected chi connectivity index (χ3v) is 0.258. The standard InChI is InChI=1S/C3H9NO.ClH/c1-3(2)4-5;/h3-5H,1-2H3;1H/p-1. The van der Waals surface area contributed by atoms with Gasteiger partial charge < -0.3 is 17.6 Å². The highest BCUT2D eigenvalue weighted by atomic mass is 35.5. The highest BCUT2D eigenvalue weighted by Gasteiger charge is 1.78. The van der Waals surface area contributed by atoms with Gasteiger partial charge >= 0.3 is 0 Å². The van der Waals surface area contributed by atoms with E-state index in [9.17, 15) is 0 Å². The normalized spacial score (nSPS) is 8.00. The van der Waals surface area contributed by atoms with E-state index in [2.05, 4.69) is 0 Å². The van der Waals surface area contributed by atoms with E-state index in [0.717, 1.165) is 0 Å². The van der Waals surface area contributed by atoms with Crippen LogP contribution in [0, 0.1) is 0 Å². The molecule has 0 amide bonds. The SMILES string of the molecule is CC(C)NO.[Cl-]. The topological polar surface area (TPSA) is 32.3 Å². The van der Waals surface area contributed by atoms with Crippen molar-refractivity contribution in [2.45, 2.75) is 19.9 Å². The molecular formula is C3H9ClNO-. The van der Waals surface area contributed by atoms with Gasteiger partial charge in [0.1, 0.15) is 0 Å². The van der Waals surface area contributed by atoms with Crippen LogP contribution in [0.2, 0.25) is 0 Å². The van der Waals surface area contributed by atoms with Crippen molar-refractivity contribution >= 4 is 0 Å². The molecule has 0 aromatic carbocycles. The Morgan fingerprint density at radius 1 is 1.50 bits per heavy atom. The number of rotatable bonds is 1. The van der Waals surface area contributed by atoms with E-state index in [-0.39, 0.29) is 18.4 Å². The highest BCUT2D eigenvalue weighted by molar-refractivity contribution is 4.35. The largest absolute Gasteiger partial charge is 1.00 e. The van der Waals surface area contributed by atoms with E-state index < -0.39 is 0 Å². The summed E-state index contributed by atoms with van der Waals surface area (Å²) in [7, 11) is 0. The fraction of sp³-hybridized carbons (Fsp3) is 1.00. The minimum absolute atomic E-state index is 0. The Morgan fingerprint density at radius 2 is 1.67 bits per heavy atom. The molecule has 6 heavy (non-hydrogen) atoms. The molecule has 0 saturated carbocycles. The summed E-state index contributed by atoms with van der Waals surface area (Å²) in [6, 6.07) is 0.190. The molecule has 2 N–H and O–H groups in total. The lowest BCUT2D eigenvalue weighted by Gasteiger charge is -1.93. The Hall–Kier alpha value is 0.210. The molecule has 0 radical (unpaired) electrons. The van der Waals surface area contributed by atoms with Crippen LogP contribution in [0.5, 0.6) is 0 Å². The first kappa shape index (κ1) is 9.51. The van der Waals surface area contributed by atoms with Crippen molar-refractivity contribution in [3.05, 3.63) is 0 Å². The molecule has 0 spiro atoms. The Labute approximate surface area is 43.9 Å². The molecule has 0 bridgehead atoms. The quantitative estimate of drug-likeness (QED) is 0.362. The van der Waals surface area contributed by atoms with Gasteiger partial charge in [-0.15, -0.1) is 0 Å². The van der Waals surface area contributed by atoms with E-state index in [1.807, 2.05) is 19.3 Å². The molecule has 0 aliphatic rings. The molecule has 0 heterocycles. The summed E-state index contributed by atoms with van der Waals surface area (Å²) in [5, 5.41) is 7.89. The summed E-state index contributed by atoms with van der Waals surface area (Å²) in [4.78, 5) is 0. The van der Waals surface area contributed by atoms with Crippen LogP contribution in [-0.4, -0.2) is 11.2 Å². The number of hydrogen-bond donors (Lipinski definition) is 2. The van der Waals surface area contributed by atoms with Crippen molar-refractivity contribution in [1.82, 2.24) is 5.48 Å². The second-order valence-corrected chi connectivity index (χ2v) is 1.28. The van der Waals surface area contributed by atoms with E-state index in [0.29, 0.717) is 0 Å². The Morgan fingerprint density at radius 3 is 1.67 bits per heavy atom. The maximum atomic E-state index is 7.89. The molecule has 2 nitrogen and oxygen atoms in total. The average molecular weight is 111 g/mol. The van der Waals surface area contributed by atoms with Crippen molar-refractivity contribution in [2.75, 3.05) is 0 Å². The van der Waals surface area contributed by atoms with E-state index in [4.69, 9.17) is 5.21 Å². The zero-order valence-electron chi connectivity index (χ0n) is 3.90. The third-order valence-electron chi connectivity index (χ3n) is 0.258. The molecule has 0 aromatic rings. The number of hydroxylamine groups is 1. The molecule has 0 aliphatic heterocycles. The van der Waals surface area contributed by atoms with Gasteiger partial charge in [-0.25, -0.2) is 5.48 Å². The minimum atomic E-state index is 0. The van der Waals surface area contributed by atoms with Gasteiger partial charge in [-0.3, -0.25) is 0 Å². The van der Waals surface area contributed by atoms with Crippen molar-refractivity contribution < 1.29 is 17.6 Å². The van der Waals surface area contributed by atoms with Gasteiger partial charge in [-0.2, -0.15) is 0 Å². The van der Waals surface area contributed by atoms with Crippen molar-refractivity contribution in [3.8, 4) is 0 Å². The lowest BCUT2D eigenvalue weighted by Crippen LogP contribution is -3.00. The average Bonchev–Trinajstić information content (AvgIpc) is 1.38. The molecule has 0 atom stereocenters. The molecule has 40 valence electrons. The van der Waals surface area contributed by atoms with Crippen molar-refractivity contribution in [3.63, 3.8) is 0 Å². The molecule has 0 aliphatic carbocycles. The van der Waals surface area contributed by atoms with Crippen LogP contribution in [-0.2, 0) is 0 Å². The Balaban J connectivity index is 0. The smallest absolute Gasteiger partial charge is 0.0263 e. The van der Waals surface area contributed by atoms with Crippen LogP contribution >= 0.6 is 0 Å². The Bertz CT molecular complexity index is 24.8. The summed E-state index contributed by atoms with van der Waals surface area (Å²) in [6.45, 7) is 3.72. The molecule has 0 aromatic heterocycles. The fourth-order valence-electron chi connectivity index (χ4n) is 0. The Kier molecular flexibility index (Phi) is 8.26. The van der Waals surface area contributed by atoms with E-state index in [1.54, 1.807) is 0 Å². The molecule has 0 saturated heterocycles. The summed E-state index contributed by atoms with van der Waals surface area (Å²) >= 11 is 0. The first-order chi connectivity index (χ1) is 2.27. The van der Waals surface area contributed by atoms with Crippen LogP contribution in [0.25, 0.3) is 0 Å². The van der Waals surface area contributed by atoms with Gasteiger partial charge in [0, 0.05) is 6.04 Å². The maximum absolute atomic E-state index is 7.89. The predicted molar refractivity (Wildman–Crippen MR) is 20.1 cm³/mol. The monoisotopic (exact) mass is 110 g/mol. The van der Waals surface area contributed by atoms with Gasteiger partial charge in [0.05, 0.1) is 0 Å². The fourth-order valence-corrected chi connectivity index (χ4v) is 0. The van der Waals surface area contributed by atoms with Gasteiger partial charge in [-0.1, -0.05) is 0 Å². The number of nitrogens with one attached hydrogen (secondary N) is 1. The summed E-state index contributed by atoms with van der Waals surface area (Å²) < 4.78 is 0. The summed E-state index contributed by atoms with van der Waals surface area (Å²) in [6.07, 6.45) is 0. The first-order valence-corrected chi connectivity index (χ1v) is 1.67. The third kappa shape index (κ3) is 8.88. The van der Waals surface area contributed by atoms with E-state index >= 15 is 0 Å². The second-order valence-electron chi connectivity index (χ2n) is 1.28. The van der Waals surface area contributed by atoms with Gasteiger partial charge in [0.2, 0.25) is 0 Å². The minimum Gasteiger partial charge on any atom is -1.00 e. The predicted octanol–water partition coefficient (Wildman–Crippen LogP) is -2.62. The molecule has 0 fully saturated rings. The van der Waals surface area contributed by atoms with Crippen molar-refractivity contribution in [2.24, 2.45) is 0 Å². The maximum Gasteiger partial charge on any atom is 0.0263 e. The highest BCUT2D eigenvalue weighted by Crippen LogP contribution is 1.66. The van der Waals surface area contributed by atoms with Crippen LogP contribution in [0.4, 0.5) is 0 Å². The lowest BCUT2D eigenvalue weighted by atomic mass is 10.4. The van der Waals surface area contributed by atoms with Gasteiger partial charge in [-0.05, 0) is 13.8 Å². The van der Waals surface area contributed by atoms with Crippen LogP contribution < -0.4 is 17.9 Å². The van der Waals surface area contributed by atoms with Crippen LogP contribution in [0.15, 0.2) is 0 Å². The number of halogens is 1. The number of hydrogen-bond acceptors (Lipinski definition) is 2. The lowest BCUT2D eigenvalue weighted by molar-refractivity contribution is -0.00000226. The molecule has 0 rings (SSSR count). The zero-order chi connectivity index (χ0) is 4.28. The van der Waals surface area contributed by atoms with E-state index in [1.165, 1.54) is 0 Å². The second kappa shape index (κ2) is 5.21. The summed E-state index contributed by atoms with van der Waals surface area (Å²) in [5.41, 5.74) is 2.03. The van der Waals surface area contributed by atoms with Crippen LogP contribution in [0.3, 0.4) is 0 Å². The van der Waals surface area contributed by atoms with Crippen molar-refractivity contribution in [1.29, 1.82) is 0 Å². The molecule has 0 unspecified atom stereocenters. The summed E-state index contributed by atoms with van der Waals surface area (Å²) in [5.74, 6) is 0. The van der Waals surface area contributed by atoms with Crippen LogP contribution in [0.1, 0.15) is 13.8 Å². The zero-order valence-corrected chi connectivity index (χ0v) is 4.66. The first-order valence-electron chi connectivity index (χ1n) is 1.67.